The minimum Gasteiger partial charge on any atom is -0.457 e. The number of nitrogens with one attached hydrogen (secondary N) is 1. The van der Waals surface area contributed by atoms with Gasteiger partial charge in [-0.2, -0.15) is 0 Å². The monoisotopic (exact) mass is 257 g/mol. The molecule has 0 amide bonds. The van der Waals surface area contributed by atoms with Crippen LogP contribution in [0, 0.1) is 0 Å². The SMILES string of the molecule is O=C(CCc1ccccc1)OCC(=O)c1ccc[nH]1. The number of H-pyrrole nitrogens is 1. The van der Waals surface area contributed by atoms with Gasteiger partial charge in [0.1, 0.15) is 0 Å². The van der Waals surface area contributed by atoms with E-state index in [9.17, 15) is 9.59 Å². The van der Waals surface area contributed by atoms with Crippen molar-refractivity contribution in [2.24, 2.45) is 0 Å². The number of hydrogen-bond donors (Lipinski definition) is 1. The number of aromatic nitrogens is 1. The molecule has 0 aliphatic rings. The van der Waals surface area contributed by atoms with Gasteiger partial charge in [0.2, 0.25) is 5.78 Å². The summed E-state index contributed by atoms with van der Waals surface area (Å²) >= 11 is 0. The molecule has 0 fully saturated rings. The van der Waals surface area contributed by atoms with Crippen LogP contribution in [-0.4, -0.2) is 23.3 Å². The maximum Gasteiger partial charge on any atom is 0.306 e. The average Bonchev–Trinajstić information content (AvgIpc) is 2.98. The first-order valence-corrected chi connectivity index (χ1v) is 6.12. The van der Waals surface area contributed by atoms with Gasteiger partial charge in [-0.15, -0.1) is 0 Å². The highest BCUT2D eigenvalue weighted by atomic mass is 16.5. The van der Waals surface area contributed by atoms with Crippen LogP contribution >= 0.6 is 0 Å². The quantitative estimate of drug-likeness (QED) is 0.638. The van der Waals surface area contributed by atoms with Crippen LogP contribution < -0.4 is 0 Å². The number of hydrogen-bond acceptors (Lipinski definition) is 3. The van der Waals surface area contributed by atoms with Gasteiger partial charge in [0.15, 0.2) is 6.61 Å². The average molecular weight is 257 g/mol. The standard InChI is InChI=1S/C15H15NO3/c17-14(13-7-4-10-16-13)11-19-15(18)9-8-12-5-2-1-3-6-12/h1-7,10,16H,8-9,11H2. The summed E-state index contributed by atoms with van der Waals surface area (Å²) in [4.78, 5) is 25.9. The van der Waals surface area contributed by atoms with E-state index in [2.05, 4.69) is 4.98 Å². The van der Waals surface area contributed by atoms with E-state index in [1.54, 1.807) is 18.3 Å². The normalized spacial score (nSPS) is 10.1. The first-order chi connectivity index (χ1) is 9.25. The van der Waals surface area contributed by atoms with Crippen molar-refractivity contribution in [2.45, 2.75) is 12.8 Å². The maximum absolute atomic E-state index is 11.6. The Kier molecular flexibility index (Phi) is 4.50. The molecule has 0 aliphatic heterocycles. The molecule has 0 radical (unpaired) electrons. The van der Waals surface area contributed by atoms with Crippen LogP contribution in [0.2, 0.25) is 0 Å². The molecule has 4 nitrogen and oxygen atoms in total. The predicted octanol–water partition coefficient (Wildman–Crippen LogP) is 2.37. The van der Waals surface area contributed by atoms with E-state index in [1.807, 2.05) is 30.3 Å². The second kappa shape index (κ2) is 6.54. The fourth-order valence-electron chi connectivity index (χ4n) is 1.69. The number of Topliss-reactive ketones (excluding diaryl/α,β-unsaturated/α-hetero) is 1. The summed E-state index contributed by atoms with van der Waals surface area (Å²) in [5.74, 6) is -0.582. The number of carbonyl (C=O) groups excluding carboxylic acids is 2. The van der Waals surface area contributed by atoms with Crippen LogP contribution in [0.4, 0.5) is 0 Å². The Morgan fingerprint density at radius 2 is 1.84 bits per heavy atom. The summed E-state index contributed by atoms with van der Waals surface area (Å²) < 4.78 is 4.94. The summed E-state index contributed by atoms with van der Waals surface area (Å²) in [5, 5.41) is 0. The van der Waals surface area contributed by atoms with Gasteiger partial charge in [-0.1, -0.05) is 30.3 Å². The van der Waals surface area contributed by atoms with Gasteiger partial charge in [0.25, 0.3) is 0 Å². The Labute approximate surface area is 111 Å². The molecule has 19 heavy (non-hydrogen) atoms. The molecule has 0 aliphatic carbocycles. The summed E-state index contributed by atoms with van der Waals surface area (Å²) in [6.45, 7) is -0.214. The van der Waals surface area contributed by atoms with Gasteiger partial charge in [-0.25, -0.2) is 0 Å². The summed E-state index contributed by atoms with van der Waals surface area (Å²) in [5.41, 5.74) is 1.53. The molecule has 1 heterocycles. The first-order valence-electron chi connectivity index (χ1n) is 6.12. The van der Waals surface area contributed by atoms with Gasteiger partial charge < -0.3 is 9.72 Å². The van der Waals surface area contributed by atoms with Crippen LogP contribution in [0.15, 0.2) is 48.7 Å². The van der Waals surface area contributed by atoms with Crippen molar-refractivity contribution in [1.29, 1.82) is 0 Å². The van der Waals surface area contributed by atoms with E-state index >= 15 is 0 Å². The van der Waals surface area contributed by atoms with E-state index in [4.69, 9.17) is 4.74 Å². The molecular weight excluding hydrogens is 242 g/mol. The van der Waals surface area contributed by atoms with Gasteiger partial charge in [0, 0.05) is 12.6 Å². The number of rotatable bonds is 6. The van der Waals surface area contributed by atoms with Gasteiger partial charge in [0.05, 0.1) is 5.69 Å². The van der Waals surface area contributed by atoms with E-state index < -0.39 is 0 Å². The van der Waals surface area contributed by atoms with Crippen molar-refractivity contribution in [3.05, 3.63) is 59.9 Å². The van der Waals surface area contributed by atoms with Crippen molar-refractivity contribution in [3.8, 4) is 0 Å². The third-order valence-electron chi connectivity index (χ3n) is 2.72. The molecule has 0 saturated heterocycles. The van der Waals surface area contributed by atoms with Gasteiger partial charge in [-0.05, 0) is 24.1 Å². The van der Waals surface area contributed by atoms with E-state index in [1.165, 1.54) is 0 Å². The van der Waals surface area contributed by atoms with Crippen LogP contribution in [0.5, 0.6) is 0 Å². The van der Waals surface area contributed by atoms with E-state index in [-0.39, 0.29) is 24.8 Å². The van der Waals surface area contributed by atoms with Crippen LogP contribution in [0.3, 0.4) is 0 Å². The highest BCUT2D eigenvalue weighted by Gasteiger charge is 2.10. The third-order valence-corrected chi connectivity index (χ3v) is 2.72. The second-order valence-electron chi connectivity index (χ2n) is 4.15. The van der Waals surface area contributed by atoms with E-state index in [0.717, 1.165) is 5.56 Å². The minimum absolute atomic E-state index is 0.214. The molecule has 98 valence electrons. The number of esters is 1. The topological polar surface area (TPSA) is 59.2 Å². The van der Waals surface area contributed by atoms with Gasteiger partial charge in [-0.3, -0.25) is 9.59 Å². The summed E-state index contributed by atoms with van der Waals surface area (Å²) in [6, 6.07) is 13.1. The molecule has 0 saturated carbocycles. The minimum atomic E-state index is -0.358. The summed E-state index contributed by atoms with van der Waals surface area (Å²) in [6.07, 6.45) is 2.56. The number of ketones is 1. The van der Waals surface area contributed by atoms with Crippen molar-refractivity contribution >= 4 is 11.8 Å². The molecule has 4 heteroatoms. The van der Waals surface area contributed by atoms with Crippen molar-refractivity contribution in [2.75, 3.05) is 6.61 Å². The maximum atomic E-state index is 11.6. The lowest BCUT2D eigenvalue weighted by Crippen LogP contribution is -2.14. The Balaban J connectivity index is 1.72. The first kappa shape index (κ1) is 13.1. The van der Waals surface area contributed by atoms with Gasteiger partial charge >= 0.3 is 5.97 Å². The predicted molar refractivity (Wildman–Crippen MR) is 70.8 cm³/mol. The lowest BCUT2D eigenvalue weighted by Gasteiger charge is -2.03. The fraction of sp³-hybridized carbons (Fsp3) is 0.200. The Morgan fingerprint density at radius 3 is 2.53 bits per heavy atom. The number of aryl methyl sites for hydroxylation is 1. The van der Waals surface area contributed by atoms with E-state index in [0.29, 0.717) is 12.1 Å². The zero-order valence-electron chi connectivity index (χ0n) is 10.5. The number of carbonyl (C=O) groups is 2. The molecule has 1 aromatic carbocycles. The highest BCUT2D eigenvalue weighted by molar-refractivity contribution is 5.96. The van der Waals surface area contributed by atoms with Crippen molar-refractivity contribution in [3.63, 3.8) is 0 Å². The molecule has 1 aromatic heterocycles. The molecule has 0 spiro atoms. The largest absolute Gasteiger partial charge is 0.457 e. The summed E-state index contributed by atoms with van der Waals surface area (Å²) in [7, 11) is 0. The zero-order valence-corrected chi connectivity index (χ0v) is 10.5. The third kappa shape index (κ3) is 4.10. The van der Waals surface area contributed by atoms with Crippen molar-refractivity contribution in [1.82, 2.24) is 4.98 Å². The molecule has 2 aromatic rings. The molecule has 1 N–H and O–H groups in total. The van der Waals surface area contributed by atoms with Crippen LogP contribution in [-0.2, 0) is 16.0 Å². The second-order valence-corrected chi connectivity index (χ2v) is 4.15. The highest BCUT2D eigenvalue weighted by Crippen LogP contribution is 2.04. The Hall–Kier alpha value is -2.36. The molecule has 0 unspecified atom stereocenters. The molecule has 0 bridgehead atoms. The number of benzene rings is 1. The van der Waals surface area contributed by atoms with Crippen molar-refractivity contribution < 1.29 is 14.3 Å². The fourth-order valence-corrected chi connectivity index (χ4v) is 1.69. The molecule has 2 rings (SSSR count). The lowest BCUT2D eigenvalue weighted by atomic mass is 10.1. The number of ether oxygens (including phenoxy) is 1. The zero-order chi connectivity index (χ0) is 13.5. The molecule has 0 atom stereocenters. The van der Waals surface area contributed by atoms with Crippen LogP contribution in [0.25, 0.3) is 0 Å². The molecular formula is C15H15NO3. The van der Waals surface area contributed by atoms with Crippen LogP contribution in [0.1, 0.15) is 22.5 Å². The number of aromatic amines is 1. The Bertz CT molecular complexity index is 532. The Morgan fingerprint density at radius 1 is 1.05 bits per heavy atom. The lowest BCUT2D eigenvalue weighted by molar-refractivity contribution is -0.142. The smallest absolute Gasteiger partial charge is 0.306 e.